The van der Waals surface area contributed by atoms with Gasteiger partial charge in [0.15, 0.2) is 11.5 Å². The van der Waals surface area contributed by atoms with E-state index in [0.717, 1.165) is 30.0 Å². The van der Waals surface area contributed by atoms with Crippen LogP contribution in [0, 0.1) is 0 Å². The van der Waals surface area contributed by atoms with Crippen molar-refractivity contribution in [3.05, 3.63) is 58.6 Å². The van der Waals surface area contributed by atoms with Crippen LogP contribution in [0.1, 0.15) is 30.9 Å². The topological polar surface area (TPSA) is 33.7 Å². The minimum Gasteiger partial charge on any atom is -0.493 e. The number of benzene rings is 2. The fourth-order valence-corrected chi connectivity index (χ4v) is 3.95. The summed E-state index contributed by atoms with van der Waals surface area (Å²) in [6, 6.07) is 14.5. The van der Waals surface area contributed by atoms with E-state index in [-0.39, 0.29) is 0 Å². The number of methoxy groups -OCH3 is 1. The van der Waals surface area contributed by atoms with Crippen molar-refractivity contribution in [3.8, 4) is 11.5 Å². The molecule has 1 fully saturated rings. The van der Waals surface area contributed by atoms with Gasteiger partial charge in [0.2, 0.25) is 0 Å². The molecule has 0 aromatic heterocycles. The van der Waals surface area contributed by atoms with E-state index in [4.69, 9.17) is 21.1 Å². The van der Waals surface area contributed by atoms with Crippen molar-refractivity contribution in [3.63, 3.8) is 0 Å². The standard InChI is InChI=1S/C22H29ClN2O2/c1-3-25-11-7-10-20(25)15-24-14-18-12-19(23)13-21(26-2)22(18)27-16-17-8-5-4-6-9-17/h4-6,8-9,12-13,20,24H,3,7,10-11,14-16H2,1-2H3/t20-/m1/s1. The fraction of sp³-hybridized carbons (Fsp3) is 0.455. The summed E-state index contributed by atoms with van der Waals surface area (Å²) in [4.78, 5) is 2.54. The second-order valence-corrected chi connectivity index (χ2v) is 7.36. The molecule has 27 heavy (non-hydrogen) atoms. The summed E-state index contributed by atoms with van der Waals surface area (Å²) in [6.45, 7) is 6.73. The number of likely N-dealkylation sites (N-methyl/N-ethyl adjacent to an activating group) is 1. The molecular formula is C22H29ClN2O2. The quantitative estimate of drug-likeness (QED) is 0.685. The van der Waals surface area contributed by atoms with Gasteiger partial charge in [0.05, 0.1) is 7.11 Å². The van der Waals surface area contributed by atoms with Crippen molar-refractivity contribution in [2.45, 2.75) is 39.0 Å². The summed E-state index contributed by atoms with van der Waals surface area (Å²) >= 11 is 6.30. The van der Waals surface area contributed by atoms with Gasteiger partial charge in [0.25, 0.3) is 0 Å². The van der Waals surface area contributed by atoms with Gasteiger partial charge in [-0.25, -0.2) is 0 Å². The lowest BCUT2D eigenvalue weighted by Gasteiger charge is -2.23. The van der Waals surface area contributed by atoms with Crippen LogP contribution in [-0.2, 0) is 13.2 Å². The first-order chi connectivity index (χ1) is 13.2. The summed E-state index contributed by atoms with van der Waals surface area (Å²) in [5, 5.41) is 4.25. The number of rotatable bonds is 9. The Kier molecular flexibility index (Phi) is 7.39. The molecule has 0 spiro atoms. The molecule has 0 saturated carbocycles. The maximum absolute atomic E-state index is 6.30. The van der Waals surface area contributed by atoms with Crippen molar-refractivity contribution in [2.24, 2.45) is 0 Å². The maximum atomic E-state index is 6.30. The van der Waals surface area contributed by atoms with Gasteiger partial charge >= 0.3 is 0 Å². The molecule has 146 valence electrons. The molecule has 0 aliphatic carbocycles. The minimum absolute atomic E-state index is 0.498. The smallest absolute Gasteiger partial charge is 0.166 e. The lowest BCUT2D eigenvalue weighted by molar-refractivity contribution is 0.258. The molecule has 2 aromatic rings. The maximum Gasteiger partial charge on any atom is 0.166 e. The Bertz CT molecular complexity index is 724. The molecule has 1 aliphatic rings. The minimum atomic E-state index is 0.498. The van der Waals surface area contributed by atoms with Gasteiger partial charge in [-0.1, -0.05) is 48.9 Å². The van der Waals surface area contributed by atoms with Gasteiger partial charge in [0.1, 0.15) is 6.61 Å². The molecular weight excluding hydrogens is 360 g/mol. The third kappa shape index (κ3) is 5.38. The molecule has 3 rings (SSSR count). The van der Waals surface area contributed by atoms with Gasteiger partial charge in [-0.2, -0.15) is 0 Å². The summed E-state index contributed by atoms with van der Waals surface area (Å²) in [5.41, 5.74) is 2.15. The van der Waals surface area contributed by atoms with Crippen molar-refractivity contribution in [1.82, 2.24) is 10.2 Å². The van der Waals surface area contributed by atoms with E-state index in [1.807, 2.05) is 24.3 Å². The lowest BCUT2D eigenvalue weighted by atomic mass is 10.1. The first kappa shape index (κ1) is 20.0. The Hall–Kier alpha value is -1.75. The zero-order chi connectivity index (χ0) is 19.1. The normalized spacial score (nSPS) is 17.2. The van der Waals surface area contributed by atoms with Crippen molar-refractivity contribution >= 4 is 11.6 Å². The number of nitrogens with one attached hydrogen (secondary N) is 1. The summed E-state index contributed by atoms with van der Waals surface area (Å²) in [6.07, 6.45) is 2.55. The van der Waals surface area contributed by atoms with E-state index in [9.17, 15) is 0 Å². The van der Waals surface area contributed by atoms with E-state index in [1.165, 1.54) is 19.4 Å². The number of nitrogens with zero attached hydrogens (tertiary/aromatic N) is 1. The molecule has 1 heterocycles. The molecule has 4 nitrogen and oxygen atoms in total. The van der Waals surface area contributed by atoms with E-state index < -0.39 is 0 Å². The molecule has 2 aromatic carbocycles. The predicted octanol–water partition coefficient (Wildman–Crippen LogP) is 4.50. The van der Waals surface area contributed by atoms with Crippen LogP contribution in [0.2, 0.25) is 5.02 Å². The highest BCUT2D eigenvalue weighted by Gasteiger charge is 2.22. The average molecular weight is 389 g/mol. The number of hydrogen-bond donors (Lipinski definition) is 1. The SMILES string of the molecule is CCN1CCC[C@@H]1CNCc1cc(Cl)cc(OC)c1OCc1ccccc1. The Morgan fingerprint density at radius 1 is 1.22 bits per heavy atom. The van der Waals surface area contributed by atoms with E-state index in [0.29, 0.717) is 30.0 Å². The summed E-state index contributed by atoms with van der Waals surface area (Å²) < 4.78 is 11.7. The molecule has 0 amide bonds. The second-order valence-electron chi connectivity index (χ2n) is 6.93. The Balaban J connectivity index is 1.68. The van der Waals surface area contributed by atoms with Gasteiger partial charge in [-0.05, 0) is 37.6 Å². The zero-order valence-electron chi connectivity index (χ0n) is 16.2. The first-order valence-electron chi connectivity index (χ1n) is 9.69. The fourth-order valence-electron chi connectivity index (χ4n) is 3.72. The van der Waals surface area contributed by atoms with Crippen molar-refractivity contribution in [2.75, 3.05) is 26.7 Å². The zero-order valence-corrected chi connectivity index (χ0v) is 17.0. The van der Waals surface area contributed by atoms with Gasteiger partial charge in [-0.15, -0.1) is 0 Å². The predicted molar refractivity (Wildman–Crippen MR) is 111 cm³/mol. The highest BCUT2D eigenvalue weighted by molar-refractivity contribution is 6.30. The van der Waals surface area contributed by atoms with E-state index in [1.54, 1.807) is 13.2 Å². The van der Waals surface area contributed by atoms with Crippen LogP contribution in [-0.4, -0.2) is 37.7 Å². The largest absolute Gasteiger partial charge is 0.493 e. The molecule has 1 aliphatic heterocycles. The van der Waals surface area contributed by atoms with Crippen LogP contribution in [0.25, 0.3) is 0 Å². The Morgan fingerprint density at radius 2 is 2.04 bits per heavy atom. The highest BCUT2D eigenvalue weighted by atomic mass is 35.5. The Morgan fingerprint density at radius 3 is 2.78 bits per heavy atom. The molecule has 1 atom stereocenters. The third-order valence-corrected chi connectivity index (χ3v) is 5.36. The lowest BCUT2D eigenvalue weighted by Crippen LogP contribution is -2.37. The third-order valence-electron chi connectivity index (χ3n) is 5.14. The van der Waals surface area contributed by atoms with Crippen molar-refractivity contribution < 1.29 is 9.47 Å². The monoisotopic (exact) mass is 388 g/mol. The number of likely N-dealkylation sites (tertiary alicyclic amines) is 1. The number of ether oxygens (including phenoxy) is 2. The average Bonchev–Trinajstić information content (AvgIpc) is 3.15. The van der Waals surface area contributed by atoms with Gasteiger partial charge in [0, 0.05) is 35.8 Å². The molecule has 0 radical (unpaired) electrons. The van der Waals surface area contributed by atoms with E-state index in [2.05, 4.69) is 29.3 Å². The second kappa shape index (κ2) is 9.98. The van der Waals surface area contributed by atoms with Crippen LogP contribution in [0.4, 0.5) is 0 Å². The summed E-state index contributed by atoms with van der Waals surface area (Å²) in [5.74, 6) is 1.43. The molecule has 0 bridgehead atoms. The van der Waals surface area contributed by atoms with Crippen LogP contribution in [0.3, 0.4) is 0 Å². The number of halogens is 1. The van der Waals surface area contributed by atoms with Crippen LogP contribution >= 0.6 is 11.6 Å². The molecule has 5 heteroatoms. The Labute approximate surface area is 167 Å². The molecule has 0 unspecified atom stereocenters. The van der Waals surface area contributed by atoms with Crippen LogP contribution in [0.5, 0.6) is 11.5 Å². The molecule has 1 saturated heterocycles. The van der Waals surface area contributed by atoms with Crippen molar-refractivity contribution in [1.29, 1.82) is 0 Å². The first-order valence-corrected chi connectivity index (χ1v) is 10.1. The number of hydrogen-bond acceptors (Lipinski definition) is 4. The van der Waals surface area contributed by atoms with Crippen LogP contribution in [0.15, 0.2) is 42.5 Å². The highest BCUT2D eigenvalue weighted by Crippen LogP contribution is 2.35. The van der Waals surface area contributed by atoms with Gasteiger partial charge in [-0.3, -0.25) is 4.90 Å². The van der Waals surface area contributed by atoms with Crippen LogP contribution < -0.4 is 14.8 Å². The molecule has 1 N–H and O–H groups in total. The summed E-state index contributed by atoms with van der Waals surface area (Å²) in [7, 11) is 1.65. The van der Waals surface area contributed by atoms with E-state index >= 15 is 0 Å². The van der Waals surface area contributed by atoms with Gasteiger partial charge < -0.3 is 14.8 Å².